The quantitative estimate of drug-likeness (QED) is 0.324. The van der Waals surface area contributed by atoms with Crippen molar-refractivity contribution in [2.45, 2.75) is 59.0 Å². The number of likely N-dealkylation sites (tertiary alicyclic amines) is 2. The number of hydrogen-bond acceptors (Lipinski definition) is 5. The lowest BCUT2D eigenvalue weighted by molar-refractivity contribution is 0.277. The summed E-state index contributed by atoms with van der Waals surface area (Å²) in [5.74, 6) is 1.91. The summed E-state index contributed by atoms with van der Waals surface area (Å²) in [6, 6.07) is 24.6. The molecule has 0 saturated carbocycles. The van der Waals surface area contributed by atoms with E-state index in [2.05, 4.69) is 60.1 Å². The molecule has 226 valence electrons. The largest absolute Gasteiger partial charge is 0.497 e. The maximum atomic E-state index is 5.18. The maximum absolute atomic E-state index is 5.18. The minimum Gasteiger partial charge on any atom is -0.497 e. The monoisotopic (exact) mass is 561 g/mol. The minimum absolute atomic E-state index is 0.910. The van der Waals surface area contributed by atoms with Crippen LogP contribution in [0.2, 0.25) is 0 Å². The van der Waals surface area contributed by atoms with Crippen LogP contribution in [0.1, 0.15) is 54.4 Å². The number of methoxy groups -OCH3 is 2. The van der Waals surface area contributed by atoms with Gasteiger partial charge in [0.05, 0.1) is 14.2 Å². The van der Waals surface area contributed by atoms with E-state index in [1.54, 1.807) is 14.2 Å². The Balaban J connectivity index is 0.000000182. The van der Waals surface area contributed by atoms with Crippen molar-refractivity contribution in [1.29, 1.82) is 0 Å². The highest BCUT2D eigenvalue weighted by molar-refractivity contribution is 5.39. The van der Waals surface area contributed by atoms with Crippen LogP contribution in [-0.4, -0.2) is 76.2 Å². The molecule has 2 bridgehead atoms. The van der Waals surface area contributed by atoms with Gasteiger partial charge in [-0.15, -0.1) is 0 Å². The number of rotatable bonds is 2. The van der Waals surface area contributed by atoms with Crippen LogP contribution in [0.3, 0.4) is 0 Å². The van der Waals surface area contributed by atoms with E-state index in [4.69, 9.17) is 9.47 Å². The molecular weight excluding hydrogens is 506 g/mol. The molecule has 0 radical (unpaired) electrons. The van der Waals surface area contributed by atoms with Crippen LogP contribution in [0.4, 0.5) is 0 Å². The predicted molar refractivity (Wildman–Crippen MR) is 175 cm³/mol. The summed E-state index contributed by atoms with van der Waals surface area (Å²) in [5.41, 5.74) is 5.23. The van der Waals surface area contributed by atoms with Crippen molar-refractivity contribution in [1.82, 2.24) is 14.7 Å². The summed E-state index contributed by atoms with van der Waals surface area (Å²) in [7, 11) is 9.89. The average Bonchev–Trinajstić information content (AvgIpc) is 3.31. The molecule has 0 N–H and O–H groups in total. The normalized spacial score (nSPS) is 16.3. The molecule has 5 heteroatoms. The second-order valence-corrected chi connectivity index (χ2v) is 11.3. The lowest BCUT2D eigenvalue weighted by Gasteiger charge is -2.20. The molecule has 7 rings (SSSR count). The SMILES string of the molecule is CN1CCCC1.CN1CCCCC1.CN1Cc2ccc(cc2)C1.COc1c(C)cccc1C.COc1ccccc1. The number of ether oxygens (including phenoxy) is 2. The van der Waals surface area contributed by atoms with E-state index in [0.717, 1.165) is 24.6 Å². The second-order valence-electron chi connectivity index (χ2n) is 11.3. The molecule has 4 aliphatic rings. The van der Waals surface area contributed by atoms with Crippen molar-refractivity contribution >= 4 is 0 Å². The van der Waals surface area contributed by atoms with Crippen molar-refractivity contribution in [2.24, 2.45) is 0 Å². The molecular formula is C36H55N3O2. The highest BCUT2D eigenvalue weighted by Crippen LogP contribution is 2.21. The minimum atomic E-state index is 0.910. The summed E-state index contributed by atoms with van der Waals surface area (Å²) in [6.07, 6.45) is 7.10. The third-order valence-corrected chi connectivity index (χ3v) is 7.43. The first-order valence-electron chi connectivity index (χ1n) is 15.1. The van der Waals surface area contributed by atoms with Crippen LogP contribution in [0.25, 0.3) is 0 Å². The number of benzene rings is 3. The van der Waals surface area contributed by atoms with E-state index in [9.17, 15) is 0 Å². The summed E-state index contributed by atoms with van der Waals surface area (Å²) in [6.45, 7) is 11.6. The van der Waals surface area contributed by atoms with Gasteiger partial charge in [-0.25, -0.2) is 0 Å². The van der Waals surface area contributed by atoms with E-state index in [-0.39, 0.29) is 0 Å². The van der Waals surface area contributed by atoms with Crippen LogP contribution >= 0.6 is 0 Å². The van der Waals surface area contributed by atoms with Crippen LogP contribution in [-0.2, 0) is 13.1 Å². The Hall–Kier alpha value is -2.86. The van der Waals surface area contributed by atoms with Crippen LogP contribution < -0.4 is 9.47 Å². The number of aryl methyl sites for hydroxylation is 2. The lowest BCUT2D eigenvalue weighted by Crippen LogP contribution is -2.24. The molecule has 0 aromatic heterocycles. The van der Waals surface area contributed by atoms with Gasteiger partial charge in [0.2, 0.25) is 0 Å². The molecule has 4 heterocycles. The van der Waals surface area contributed by atoms with Crippen molar-refractivity contribution in [3.8, 4) is 11.5 Å². The Morgan fingerprint density at radius 2 is 0.927 bits per heavy atom. The molecule has 0 aliphatic carbocycles. The van der Waals surface area contributed by atoms with Gasteiger partial charge in [0.15, 0.2) is 0 Å². The van der Waals surface area contributed by atoms with Gasteiger partial charge >= 0.3 is 0 Å². The van der Waals surface area contributed by atoms with Crippen molar-refractivity contribution in [3.05, 3.63) is 95.1 Å². The number of fused-ring (bicyclic) bond motifs is 4. The fraction of sp³-hybridized carbons (Fsp3) is 0.500. The Labute approximate surface area is 251 Å². The third kappa shape index (κ3) is 14.6. The van der Waals surface area contributed by atoms with Gasteiger partial charge in [0.25, 0.3) is 0 Å². The van der Waals surface area contributed by atoms with Gasteiger partial charge in [0, 0.05) is 13.1 Å². The fourth-order valence-electron chi connectivity index (χ4n) is 5.03. The Kier molecular flexibility index (Phi) is 16.8. The summed E-state index contributed by atoms with van der Waals surface area (Å²) in [5, 5.41) is 0. The smallest absolute Gasteiger partial charge is 0.124 e. The first kappa shape index (κ1) is 34.3. The number of nitrogens with zero attached hydrogens (tertiary/aromatic N) is 3. The second kappa shape index (κ2) is 20.1. The predicted octanol–water partition coefficient (Wildman–Crippen LogP) is 7.45. The summed E-state index contributed by atoms with van der Waals surface area (Å²) >= 11 is 0. The van der Waals surface area contributed by atoms with Gasteiger partial charge in [-0.05, 0) is 121 Å². The third-order valence-electron chi connectivity index (χ3n) is 7.43. The number of para-hydroxylation sites is 2. The first-order chi connectivity index (χ1) is 19.8. The molecule has 2 fully saturated rings. The molecule has 3 aromatic rings. The molecule has 0 amide bonds. The Bertz CT molecular complexity index is 1010. The summed E-state index contributed by atoms with van der Waals surface area (Å²) in [4.78, 5) is 7.08. The fourth-order valence-corrected chi connectivity index (χ4v) is 5.03. The van der Waals surface area contributed by atoms with Gasteiger partial charge in [-0.3, -0.25) is 4.90 Å². The van der Waals surface area contributed by atoms with E-state index in [1.807, 2.05) is 62.4 Å². The van der Waals surface area contributed by atoms with Gasteiger partial charge in [-0.1, -0.05) is 67.1 Å². The number of piperidine rings is 1. The topological polar surface area (TPSA) is 28.2 Å². The standard InChI is InChI=1S/C9H11N.C9H12O.C7H8O.C6H13N.C5H11N/c1-10-6-8-2-3-9(7-10)5-4-8;1-7-5-4-6-8(2)9(7)10-3;1-8-7-5-3-2-4-6-7;1-7-5-3-2-4-6-7;1-6-4-2-3-5-6/h2-5H,6-7H2,1H3;4-6H,1-3H3;2-6H,1H3;2-6H2,1H3;2-5H2,1H3. The summed E-state index contributed by atoms with van der Waals surface area (Å²) < 4.78 is 10.1. The van der Waals surface area contributed by atoms with E-state index in [0.29, 0.717) is 0 Å². The van der Waals surface area contributed by atoms with Gasteiger partial charge < -0.3 is 19.3 Å². The van der Waals surface area contributed by atoms with Crippen molar-refractivity contribution in [2.75, 3.05) is 61.5 Å². The highest BCUT2D eigenvalue weighted by atomic mass is 16.5. The van der Waals surface area contributed by atoms with E-state index < -0.39 is 0 Å². The zero-order valence-electron chi connectivity index (χ0n) is 26.9. The average molecular weight is 562 g/mol. The molecule has 3 aromatic carbocycles. The van der Waals surface area contributed by atoms with Gasteiger partial charge in [-0.2, -0.15) is 0 Å². The molecule has 0 spiro atoms. The zero-order valence-corrected chi connectivity index (χ0v) is 26.9. The molecule has 41 heavy (non-hydrogen) atoms. The molecule has 5 nitrogen and oxygen atoms in total. The highest BCUT2D eigenvalue weighted by Gasteiger charge is 2.06. The van der Waals surface area contributed by atoms with Crippen LogP contribution in [0.5, 0.6) is 11.5 Å². The zero-order chi connectivity index (χ0) is 29.9. The first-order valence-corrected chi connectivity index (χ1v) is 15.1. The maximum Gasteiger partial charge on any atom is 0.124 e. The molecule has 4 aliphatic heterocycles. The van der Waals surface area contributed by atoms with Crippen LogP contribution in [0, 0.1) is 13.8 Å². The van der Waals surface area contributed by atoms with Crippen LogP contribution in [0.15, 0.2) is 72.8 Å². The lowest BCUT2D eigenvalue weighted by atomic mass is 10.1. The van der Waals surface area contributed by atoms with Gasteiger partial charge in [0.1, 0.15) is 11.5 Å². The molecule has 0 atom stereocenters. The molecule has 2 saturated heterocycles. The number of hydrogen-bond donors (Lipinski definition) is 0. The van der Waals surface area contributed by atoms with E-state index in [1.165, 1.54) is 80.5 Å². The molecule has 0 unspecified atom stereocenters. The Morgan fingerprint density at radius 1 is 0.488 bits per heavy atom. The Morgan fingerprint density at radius 3 is 1.22 bits per heavy atom. The van der Waals surface area contributed by atoms with Crippen molar-refractivity contribution < 1.29 is 9.47 Å². The van der Waals surface area contributed by atoms with E-state index >= 15 is 0 Å². The van der Waals surface area contributed by atoms with Crippen molar-refractivity contribution in [3.63, 3.8) is 0 Å².